The van der Waals surface area contributed by atoms with Gasteiger partial charge in [0.05, 0.1) is 18.7 Å². The summed E-state index contributed by atoms with van der Waals surface area (Å²) in [6.45, 7) is 1.70. The molecule has 2 nitrogen and oxygen atoms in total. The molecule has 0 aliphatic rings. The zero-order chi connectivity index (χ0) is 13.1. The Morgan fingerprint density at radius 1 is 1.22 bits per heavy atom. The molecule has 0 aliphatic carbocycles. The molecule has 2 rings (SSSR count). The van der Waals surface area contributed by atoms with E-state index in [2.05, 4.69) is 6.07 Å². The molecular formula is C15H12FNO. The van der Waals surface area contributed by atoms with Crippen LogP contribution in [-0.2, 0) is 0 Å². The van der Waals surface area contributed by atoms with E-state index >= 15 is 0 Å². The molecule has 3 heteroatoms. The first-order valence-electron chi connectivity index (χ1n) is 5.51. The second kappa shape index (κ2) is 4.89. The molecule has 0 amide bonds. The molecule has 0 heterocycles. The monoisotopic (exact) mass is 241 g/mol. The summed E-state index contributed by atoms with van der Waals surface area (Å²) in [5.74, 6) is -0.134. The highest BCUT2D eigenvalue weighted by Crippen LogP contribution is 2.30. The summed E-state index contributed by atoms with van der Waals surface area (Å²) >= 11 is 0. The van der Waals surface area contributed by atoms with Crippen molar-refractivity contribution in [3.8, 4) is 22.9 Å². The van der Waals surface area contributed by atoms with E-state index in [1.54, 1.807) is 37.3 Å². The van der Waals surface area contributed by atoms with Crippen LogP contribution in [0.4, 0.5) is 4.39 Å². The summed E-state index contributed by atoms with van der Waals surface area (Å²) in [6, 6.07) is 12.6. The van der Waals surface area contributed by atoms with Gasteiger partial charge in [0, 0.05) is 0 Å². The molecule has 0 radical (unpaired) electrons. The molecule has 0 bridgehead atoms. The van der Waals surface area contributed by atoms with E-state index in [9.17, 15) is 4.39 Å². The standard InChI is InChI=1S/C15H12FNO/c1-10-13(6-7-14(18-2)15(10)16)12-5-3-4-11(8-12)9-17/h3-8H,1-2H3. The molecule has 0 aromatic heterocycles. The van der Waals surface area contributed by atoms with Crippen LogP contribution in [0.15, 0.2) is 36.4 Å². The Morgan fingerprint density at radius 2 is 2.00 bits per heavy atom. The average molecular weight is 241 g/mol. The van der Waals surface area contributed by atoms with E-state index < -0.39 is 0 Å². The lowest BCUT2D eigenvalue weighted by Gasteiger charge is -2.10. The number of nitrogens with zero attached hydrogens (tertiary/aromatic N) is 1. The van der Waals surface area contributed by atoms with Crippen LogP contribution >= 0.6 is 0 Å². The van der Waals surface area contributed by atoms with Gasteiger partial charge in [0.25, 0.3) is 0 Å². The first-order chi connectivity index (χ1) is 8.67. The zero-order valence-electron chi connectivity index (χ0n) is 10.2. The quantitative estimate of drug-likeness (QED) is 0.803. The van der Waals surface area contributed by atoms with E-state index in [4.69, 9.17) is 10.00 Å². The third-order valence-corrected chi connectivity index (χ3v) is 2.87. The first-order valence-corrected chi connectivity index (χ1v) is 5.51. The largest absolute Gasteiger partial charge is 0.494 e. The fourth-order valence-electron chi connectivity index (χ4n) is 1.89. The molecular weight excluding hydrogens is 229 g/mol. The van der Waals surface area contributed by atoms with Crippen LogP contribution in [0.2, 0.25) is 0 Å². The Hall–Kier alpha value is -2.34. The maximum absolute atomic E-state index is 13.9. The van der Waals surface area contributed by atoms with E-state index in [-0.39, 0.29) is 11.6 Å². The van der Waals surface area contributed by atoms with Crippen LogP contribution in [0.1, 0.15) is 11.1 Å². The normalized spacial score (nSPS) is 9.89. The number of hydrogen-bond donors (Lipinski definition) is 0. The summed E-state index contributed by atoms with van der Waals surface area (Å²) in [6.07, 6.45) is 0. The van der Waals surface area contributed by atoms with Gasteiger partial charge in [-0.25, -0.2) is 4.39 Å². The van der Waals surface area contributed by atoms with Crippen molar-refractivity contribution in [1.82, 2.24) is 0 Å². The summed E-state index contributed by atoms with van der Waals surface area (Å²) < 4.78 is 18.9. The van der Waals surface area contributed by atoms with Crippen LogP contribution in [0, 0.1) is 24.1 Å². The molecule has 0 aliphatic heterocycles. The van der Waals surface area contributed by atoms with E-state index in [0.717, 1.165) is 11.1 Å². The molecule has 0 unspecified atom stereocenters. The van der Waals surface area contributed by atoms with Crippen molar-refractivity contribution in [2.45, 2.75) is 6.92 Å². The van der Waals surface area contributed by atoms with Crippen LogP contribution in [-0.4, -0.2) is 7.11 Å². The minimum atomic E-state index is -0.364. The van der Waals surface area contributed by atoms with Crippen molar-refractivity contribution in [3.63, 3.8) is 0 Å². The molecule has 0 saturated carbocycles. The van der Waals surface area contributed by atoms with Crippen molar-refractivity contribution >= 4 is 0 Å². The molecule has 0 atom stereocenters. The molecule has 0 fully saturated rings. The van der Waals surface area contributed by atoms with E-state index in [1.165, 1.54) is 7.11 Å². The zero-order valence-corrected chi connectivity index (χ0v) is 10.2. The number of methoxy groups -OCH3 is 1. The summed E-state index contributed by atoms with van der Waals surface area (Å²) in [5, 5.41) is 8.87. The highest BCUT2D eigenvalue weighted by atomic mass is 19.1. The summed E-state index contributed by atoms with van der Waals surface area (Å²) in [7, 11) is 1.44. The van der Waals surface area contributed by atoms with E-state index in [1.807, 2.05) is 6.07 Å². The van der Waals surface area contributed by atoms with Gasteiger partial charge in [0.1, 0.15) is 0 Å². The Balaban J connectivity index is 2.58. The first kappa shape index (κ1) is 12.1. The predicted molar refractivity (Wildman–Crippen MR) is 67.8 cm³/mol. The fourth-order valence-corrected chi connectivity index (χ4v) is 1.89. The van der Waals surface area contributed by atoms with Crippen LogP contribution in [0.3, 0.4) is 0 Å². The Kier molecular flexibility index (Phi) is 3.29. The number of benzene rings is 2. The molecule has 2 aromatic carbocycles. The number of nitriles is 1. The minimum Gasteiger partial charge on any atom is -0.494 e. The number of halogens is 1. The fraction of sp³-hybridized carbons (Fsp3) is 0.133. The lowest BCUT2D eigenvalue weighted by atomic mass is 9.98. The third kappa shape index (κ3) is 2.05. The van der Waals surface area contributed by atoms with Crippen LogP contribution in [0.25, 0.3) is 11.1 Å². The Labute approximate surface area is 105 Å². The second-order valence-electron chi connectivity index (χ2n) is 3.95. The van der Waals surface area contributed by atoms with Gasteiger partial charge in [-0.3, -0.25) is 0 Å². The second-order valence-corrected chi connectivity index (χ2v) is 3.95. The summed E-state index contributed by atoms with van der Waals surface area (Å²) in [5.41, 5.74) is 2.67. The molecule has 0 saturated heterocycles. The van der Waals surface area contributed by atoms with Crippen molar-refractivity contribution < 1.29 is 9.13 Å². The van der Waals surface area contributed by atoms with Gasteiger partial charge < -0.3 is 4.74 Å². The van der Waals surface area contributed by atoms with Crippen LogP contribution in [0.5, 0.6) is 5.75 Å². The molecule has 0 spiro atoms. The SMILES string of the molecule is COc1ccc(-c2cccc(C#N)c2)c(C)c1F. The maximum atomic E-state index is 13.9. The van der Waals surface area contributed by atoms with Crippen LogP contribution < -0.4 is 4.74 Å². The van der Waals surface area contributed by atoms with Gasteiger partial charge in [-0.05, 0) is 41.8 Å². The van der Waals surface area contributed by atoms with Crippen molar-refractivity contribution in [3.05, 3.63) is 53.3 Å². The van der Waals surface area contributed by atoms with Gasteiger partial charge in [-0.1, -0.05) is 18.2 Å². The molecule has 90 valence electrons. The van der Waals surface area contributed by atoms with Crippen molar-refractivity contribution in [1.29, 1.82) is 5.26 Å². The lowest BCUT2D eigenvalue weighted by Crippen LogP contribution is -1.94. The number of ether oxygens (including phenoxy) is 1. The number of rotatable bonds is 2. The lowest BCUT2D eigenvalue weighted by molar-refractivity contribution is 0.385. The Bertz CT molecular complexity index is 629. The highest BCUT2D eigenvalue weighted by molar-refractivity contribution is 5.69. The van der Waals surface area contributed by atoms with Gasteiger partial charge in [-0.2, -0.15) is 5.26 Å². The van der Waals surface area contributed by atoms with Crippen molar-refractivity contribution in [2.75, 3.05) is 7.11 Å². The van der Waals surface area contributed by atoms with Gasteiger partial charge in [-0.15, -0.1) is 0 Å². The van der Waals surface area contributed by atoms with Crippen molar-refractivity contribution in [2.24, 2.45) is 0 Å². The van der Waals surface area contributed by atoms with E-state index in [0.29, 0.717) is 11.1 Å². The summed E-state index contributed by atoms with van der Waals surface area (Å²) in [4.78, 5) is 0. The average Bonchev–Trinajstić information content (AvgIpc) is 2.42. The maximum Gasteiger partial charge on any atom is 0.168 e. The Morgan fingerprint density at radius 3 is 2.67 bits per heavy atom. The van der Waals surface area contributed by atoms with Gasteiger partial charge >= 0.3 is 0 Å². The number of hydrogen-bond acceptors (Lipinski definition) is 2. The topological polar surface area (TPSA) is 33.0 Å². The highest BCUT2D eigenvalue weighted by Gasteiger charge is 2.11. The molecule has 2 aromatic rings. The predicted octanol–water partition coefficient (Wildman–Crippen LogP) is 3.68. The third-order valence-electron chi connectivity index (χ3n) is 2.87. The molecule has 18 heavy (non-hydrogen) atoms. The van der Waals surface area contributed by atoms with Gasteiger partial charge in [0.2, 0.25) is 0 Å². The van der Waals surface area contributed by atoms with Gasteiger partial charge in [0.15, 0.2) is 11.6 Å². The minimum absolute atomic E-state index is 0.229. The smallest absolute Gasteiger partial charge is 0.168 e. The molecule has 0 N–H and O–H groups in total.